The van der Waals surface area contributed by atoms with Gasteiger partial charge in [0, 0.05) is 54.2 Å². The quantitative estimate of drug-likeness (QED) is 0.0731. The lowest BCUT2D eigenvalue weighted by molar-refractivity contribution is -0.140. The van der Waals surface area contributed by atoms with Crippen LogP contribution >= 0.6 is 106 Å². The zero-order chi connectivity index (χ0) is 27.4. The van der Waals surface area contributed by atoms with Crippen LogP contribution in [-0.4, -0.2) is 122 Å². The molecule has 2 N–H and O–H groups in total. The SMILES string of the molecule is O=C(CSCSCCS(=O)CSCSCSC(=O)CSCSCC(=O)OCCSCO)OCCSCO. The number of carbonyl (C=O) groups excluding carboxylic acids is 3. The Morgan fingerprint density at radius 2 is 1.16 bits per heavy atom. The summed E-state index contributed by atoms with van der Waals surface area (Å²) in [7, 11) is -0.886. The fourth-order valence-electron chi connectivity index (χ4n) is 1.77. The van der Waals surface area contributed by atoms with Crippen LogP contribution < -0.4 is 0 Å². The Kier molecular flexibility index (Phi) is 32.3. The minimum atomic E-state index is -0.886. The average Bonchev–Trinajstić information content (AvgIpc) is 2.88. The van der Waals surface area contributed by atoms with Crippen molar-refractivity contribution in [3.63, 3.8) is 0 Å². The van der Waals surface area contributed by atoms with E-state index < -0.39 is 10.8 Å². The second kappa shape index (κ2) is 30.8. The molecule has 0 heterocycles. The normalized spacial score (nSPS) is 11.8. The topological polar surface area (TPSA) is 127 Å². The van der Waals surface area contributed by atoms with Crippen molar-refractivity contribution in [1.29, 1.82) is 0 Å². The Hall–Kier alpha value is 1.83. The lowest BCUT2D eigenvalue weighted by Gasteiger charge is -2.05. The lowest BCUT2D eigenvalue weighted by Crippen LogP contribution is -2.10. The van der Waals surface area contributed by atoms with Gasteiger partial charge in [0.25, 0.3) is 0 Å². The van der Waals surface area contributed by atoms with Gasteiger partial charge in [-0.05, 0) is 0 Å². The van der Waals surface area contributed by atoms with Crippen LogP contribution in [0, 0.1) is 0 Å². The van der Waals surface area contributed by atoms with Gasteiger partial charge < -0.3 is 19.7 Å². The van der Waals surface area contributed by atoms with E-state index in [1.165, 1.54) is 70.6 Å². The highest BCUT2D eigenvalue weighted by Gasteiger charge is 2.07. The van der Waals surface area contributed by atoms with E-state index in [0.717, 1.165) is 15.9 Å². The van der Waals surface area contributed by atoms with E-state index >= 15 is 0 Å². The van der Waals surface area contributed by atoms with E-state index in [0.29, 0.717) is 57.2 Å². The van der Waals surface area contributed by atoms with E-state index in [2.05, 4.69) is 0 Å². The number of rotatable bonds is 27. The molecule has 0 aromatic rings. The van der Waals surface area contributed by atoms with Crippen LogP contribution in [0.4, 0.5) is 0 Å². The monoisotopic (exact) mass is 710 g/mol. The summed E-state index contributed by atoms with van der Waals surface area (Å²) in [6.45, 7) is 0.612. The van der Waals surface area contributed by atoms with E-state index in [9.17, 15) is 18.6 Å². The number of thioether (sulfide) groups is 9. The zero-order valence-corrected chi connectivity index (χ0v) is 28.4. The Morgan fingerprint density at radius 1 is 0.622 bits per heavy atom. The molecule has 0 aromatic carbocycles. The third kappa shape index (κ3) is 30.6. The van der Waals surface area contributed by atoms with Gasteiger partial charge in [-0.25, -0.2) is 0 Å². The number of hydrogen-bond donors (Lipinski definition) is 2. The first-order valence-corrected chi connectivity index (χ1v) is 22.4. The Bertz CT molecular complexity index is 617. The predicted molar refractivity (Wildman–Crippen MR) is 176 cm³/mol. The summed E-state index contributed by atoms with van der Waals surface area (Å²) in [5.74, 6) is 3.04. The lowest BCUT2D eigenvalue weighted by atomic mass is 10.8. The fraction of sp³-hybridized carbons (Fsp3) is 0.842. The average molecular weight is 711 g/mol. The third-order valence-corrected chi connectivity index (χ3v) is 14.8. The molecule has 0 saturated carbocycles. The molecule has 18 heteroatoms. The van der Waals surface area contributed by atoms with Crippen molar-refractivity contribution in [1.82, 2.24) is 0 Å². The molecule has 0 bridgehead atoms. The van der Waals surface area contributed by atoms with Crippen LogP contribution in [-0.2, 0) is 34.7 Å². The molecule has 0 amide bonds. The molecule has 0 aliphatic heterocycles. The van der Waals surface area contributed by atoms with E-state index in [4.69, 9.17) is 19.7 Å². The predicted octanol–water partition coefficient (Wildman–Crippen LogP) is 3.63. The highest BCUT2D eigenvalue weighted by atomic mass is 32.3. The number of hydrogen-bond acceptors (Lipinski definition) is 17. The first-order valence-electron chi connectivity index (χ1n) is 10.6. The maximum Gasteiger partial charge on any atom is 0.315 e. The third-order valence-electron chi connectivity index (χ3n) is 3.30. The summed E-state index contributed by atoms with van der Waals surface area (Å²) in [6, 6.07) is 0. The molecule has 37 heavy (non-hydrogen) atoms. The summed E-state index contributed by atoms with van der Waals surface area (Å²) in [4.78, 5) is 34.9. The smallest absolute Gasteiger partial charge is 0.315 e. The second-order valence-electron chi connectivity index (χ2n) is 6.13. The van der Waals surface area contributed by atoms with Gasteiger partial charge in [-0.15, -0.1) is 82.3 Å². The van der Waals surface area contributed by atoms with Gasteiger partial charge in [-0.1, -0.05) is 11.8 Å². The number of carbonyl (C=O) groups is 3. The summed E-state index contributed by atoms with van der Waals surface area (Å²) in [5.41, 5.74) is 0. The minimum Gasteiger partial charge on any atom is -0.464 e. The maximum atomic E-state index is 12.1. The second-order valence-corrected chi connectivity index (χ2v) is 18.7. The molecule has 0 aliphatic carbocycles. The molecular formula is C19H34O8S10. The fourth-order valence-corrected chi connectivity index (χ4v) is 11.6. The Morgan fingerprint density at radius 3 is 1.76 bits per heavy atom. The van der Waals surface area contributed by atoms with Crippen molar-refractivity contribution in [3.05, 3.63) is 0 Å². The van der Waals surface area contributed by atoms with Gasteiger partial charge in [0.15, 0.2) is 5.12 Å². The molecule has 0 aliphatic rings. The molecule has 218 valence electrons. The maximum absolute atomic E-state index is 12.1. The Balaban J connectivity index is 3.42. The summed E-state index contributed by atoms with van der Waals surface area (Å²) in [6.07, 6.45) is 0. The van der Waals surface area contributed by atoms with Gasteiger partial charge in [0.2, 0.25) is 0 Å². The van der Waals surface area contributed by atoms with Crippen LogP contribution in [0.15, 0.2) is 0 Å². The molecule has 0 radical (unpaired) electrons. The van der Waals surface area contributed by atoms with Crippen molar-refractivity contribution >= 4 is 134 Å². The first-order chi connectivity index (χ1) is 18.0. The van der Waals surface area contributed by atoms with Gasteiger partial charge in [-0.2, -0.15) is 11.8 Å². The standard InChI is InChI=1S/C19H34O8S10/c20-10-28-3-1-26-17(22)7-31-12-30-5-6-37(25)16-35-14-34-15-36-19(24)9-33-13-32-8-18(23)27-2-4-29-11-21/h20-21H,1-16H2. The molecule has 1 atom stereocenters. The van der Waals surface area contributed by atoms with Crippen LogP contribution in [0.2, 0.25) is 0 Å². The number of aliphatic hydroxyl groups excluding tert-OH is 2. The van der Waals surface area contributed by atoms with Gasteiger partial charge in [0.05, 0.1) is 34.2 Å². The molecule has 0 fully saturated rings. The van der Waals surface area contributed by atoms with Gasteiger partial charge >= 0.3 is 11.9 Å². The Labute approximate surface area is 260 Å². The number of ether oxygens (including phenoxy) is 2. The van der Waals surface area contributed by atoms with Crippen molar-refractivity contribution in [3.8, 4) is 0 Å². The number of esters is 2. The molecule has 0 rings (SSSR count). The van der Waals surface area contributed by atoms with Crippen LogP contribution in [0.1, 0.15) is 0 Å². The molecule has 0 aromatic heterocycles. The first kappa shape index (κ1) is 38.8. The largest absolute Gasteiger partial charge is 0.464 e. The molecule has 8 nitrogen and oxygen atoms in total. The summed E-state index contributed by atoms with van der Waals surface area (Å²) in [5, 5.41) is 20.8. The van der Waals surface area contributed by atoms with Gasteiger partial charge in [0.1, 0.15) is 13.2 Å². The molecule has 0 saturated heterocycles. The molecule has 1 unspecified atom stereocenters. The molecule has 0 spiro atoms. The highest BCUT2D eigenvalue weighted by molar-refractivity contribution is 8.29. The van der Waals surface area contributed by atoms with Crippen molar-refractivity contribution in [2.75, 3.05) is 90.8 Å². The van der Waals surface area contributed by atoms with Crippen molar-refractivity contribution in [2.24, 2.45) is 0 Å². The number of aliphatic hydroxyl groups is 2. The minimum absolute atomic E-state index is 0.0184. The summed E-state index contributed by atoms with van der Waals surface area (Å²) >= 11 is 13.2. The van der Waals surface area contributed by atoms with Crippen molar-refractivity contribution < 1.29 is 38.3 Å². The van der Waals surface area contributed by atoms with Crippen LogP contribution in [0.3, 0.4) is 0 Å². The van der Waals surface area contributed by atoms with Crippen LogP contribution in [0.25, 0.3) is 0 Å². The van der Waals surface area contributed by atoms with Crippen molar-refractivity contribution in [2.45, 2.75) is 0 Å². The summed E-state index contributed by atoms with van der Waals surface area (Å²) < 4.78 is 22.1. The van der Waals surface area contributed by atoms with Crippen LogP contribution in [0.5, 0.6) is 0 Å². The van der Waals surface area contributed by atoms with E-state index in [1.807, 2.05) is 0 Å². The zero-order valence-electron chi connectivity index (χ0n) is 20.2. The van der Waals surface area contributed by atoms with E-state index in [1.54, 1.807) is 35.3 Å². The molecular weight excluding hydrogens is 677 g/mol. The van der Waals surface area contributed by atoms with E-state index in [-0.39, 0.29) is 34.7 Å². The highest BCUT2D eigenvalue weighted by Crippen LogP contribution is 2.21. The van der Waals surface area contributed by atoms with Gasteiger partial charge in [-0.3, -0.25) is 18.6 Å².